The van der Waals surface area contributed by atoms with Gasteiger partial charge in [0.2, 0.25) is 6.79 Å². The van der Waals surface area contributed by atoms with Gasteiger partial charge < -0.3 is 14.6 Å². The lowest BCUT2D eigenvalue weighted by Crippen LogP contribution is -2.11. The molecule has 4 heteroatoms. The average Bonchev–Trinajstić information content (AvgIpc) is 2.78. The predicted molar refractivity (Wildman–Crippen MR) is 58.2 cm³/mol. The van der Waals surface area contributed by atoms with Crippen molar-refractivity contribution in [1.82, 2.24) is 0 Å². The molecule has 80 valence electrons. The van der Waals surface area contributed by atoms with E-state index in [0.717, 1.165) is 34.4 Å². The molecule has 0 radical (unpaired) electrons. The van der Waals surface area contributed by atoms with Gasteiger partial charge in [-0.2, -0.15) is 0 Å². The second-order valence-corrected chi connectivity index (χ2v) is 4.97. The largest absolute Gasteiger partial charge is 0.454 e. The summed E-state index contributed by atoms with van der Waals surface area (Å²) >= 11 is 3.50. The summed E-state index contributed by atoms with van der Waals surface area (Å²) in [5, 5.41) is 9.86. The van der Waals surface area contributed by atoms with Crippen LogP contribution in [0.15, 0.2) is 16.6 Å². The molecule has 1 aliphatic heterocycles. The molecule has 0 aromatic heterocycles. The summed E-state index contributed by atoms with van der Waals surface area (Å²) in [7, 11) is 0. The van der Waals surface area contributed by atoms with E-state index in [1.807, 2.05) is 12.1 Å². The number of aliphatic hydroxyl groups is 1. The highest BCUT2D eigenvalue weighted by Gasteiger charge is 2.41. The summed E-state index contributed by atoms with van der Waals surface area (Å²) in [4.78, 5) is 0. The van der Waals surface area contributed by atoms with Gasteiger partial charge in [0.1, 0.15) is 0 Å². The minimum atomic E-state index is -0.476. The van der Waals surface area contributed by atoms with Crippen molar-refractivity contribution in [3.8, 4) is 11.5 Å². The highest BCUT2D eigenvalue weighted by molar-refractivity contribution is 9.10. The van der Waals surface area contributed by atoms with Crippen molar-refractivity contribution in [3.05, 3.63) is 22.2 Å². The summed E-state index contributed by atoms with van der Waals surface area (Å²) in [6.07, 6.45) is 2.48. The number of hydrogen-bond acceptors (Lipinski definition) is 3. The van der Waals surface area contributed by atoms with Gasteiger partial charge in [0.25, 0.3) is 0 Å². The minimum Gasteiger partial charge on any atom is -0.454 e. The lowest BCUT2D eigenvalue weighted by molar-refractivity contribution is 0.150. The maximum atomic E-state index is 9.86. The Morgan fingerprint density at radius 2 is 2.13 bits per heavy atom. The predicted octanol–water partition coefficient (Wildman–Crippen LogP) is 2.25. The van der Waals surface area contributed by atoms with E-state index in [0.29, 0.717) is 6.42 Å². The first-order valence-corrected chi connectivity index (χ1v) is 5.77. The summed E-state index contributed by atoms with van der Waals surface area (Å²) in [6, 6.07) is 3.88. The van der Waals surface area contributed by atoms with Crippen molar-refractivity contribution in [2.75, 3.05) is 6.79 Å². The molecule has 3 nitrogen and oxygen atoms in total. The molecule has 2 aliphatic rings. The molecule has 1 N–H and O–H groups in total. The molecular weight excluding hydrogens is 260 g/mol. The topological polar surface area (TPSA) is 38.7 Å². The van der Waals surface area contributed by atoms with Crippen LogP contribution in [0.2, 0.25) is 0 Å². The molecule has 1 aliphatic carbocycles. The normalized spacial score (nSPS) is 20.4. The molecule has 3 rings (SSSR count). The summed E-state index contributed by atoms with van der Waals surface area (Å²) in [5.41, 5.74) is 0.607. The molecule has 0 unspecified atom stereocenters. The van der Waals surface area contributed by atoms with E-state index in [1.54, 1.807) is 0 Å². The SMILES string of the molecule is OC1(Cc2ccc3c(c2Br)OCO3)CC1. The molecule has 1 fully saturated rings. The molecule has 0 atom stereocenters. The smallest absolute Gasteiger partial charge is 0.231 e. The van der Waals surface area contributed by atoms with Crippen LogP contribution < -0.4 is 9.47 Å². The van der Waals surface area contributed by atoms with Crippen LogP contribution in [-0.2, 0) is 6.42 Å². The van der Waals surface area contributed by atoms with Crippen LogP contribution in [0.3, 0.4) is 0 Å². The molecule has 1 aromatic carbocycles. The highest BCUT2D eigenvalue weighted by Crippen LogP contribution is 2.45. The van der Waals surface area contributed by atoms with Gasteiger partial charge in [0, 0.05) is 6.42 Å². The third kappa shape index (κ3) is 1.62. The van der Waals surface area contributed by atoms with E-state index in [2.05, 4.69) is 15.9 Å². The van der Waals surface area contributed by atoms with Gasteiger partial charge in [0.05, 0.1) is 10.1 Å². The van der Waals surface area contributed by atoms with Crippen molar-refractivity contribution in [3.63, 3.8) is 0 Å². The minimum absolute atomic E-state index is 0.279. The average molecular weight is 271 g/mol. The molecular formula is C11H11BrO3. The Bertz CT molecular complexity index is 413. The van der Waals surface area contributed by atoms with Crippen molar-refractivity contribution in [1.29, 1.82) is 0 Å². The summed E-state index contributed by atoms with van der Waals surface area (Å²) in [6.45, 7) is 0.279. The van der Waals surface area contributed by atoms with E-state index in [9.17, 15) is 5.11 Å². The first-order chi connectivity index (χ1) is 7.18. The fourth-order valence-electron chi connectivity index (χ4n) is 1.79. The van der Waals surface area contributed by atoms with Gasteiger partial charge in [-0.25, -0.2) is 0 Å². The zero-order valence-corrected chi connectivity index (χ0v) is 9.71. The third-order valence-corrected chi connectivity index (χ3v) is 3.77. The lowest BCUT2D eigenvalue weighted by Gasteiger charge is -2.10. The van der Waals surface area contributed by atoms with Gasteiger partial charge in [-0.15, -0.1) is 0 Å². The van der Waals surface area contributed by atoms with E-state index in [4.69, 9.17) is 9.47 Å². The lowest BCUT2D eigenvalue weighted by atomic mass is 10.1. The molecule has 1 saturated carbocycles. The quantitative estimate of drug-likeness (QED) is 0.896. The Labute approximate surface area is 96.1 Å². The molecule has 0 bridgehead atoms. The van der Waals surface area contributed by atoms with Crippen molar-refractivity contribution >= 4 is 15.9 Å². The van der Waals surface area contributed by atoms with Crippen LogP contribution in [0, 0.1) is 0 Å². The van der Waals surface area contributed by atoms with Crippen LogP contribution in [0.4, 0.5) is 0 Å². The van der Waals surface area contributed by atoms with Crippen molar-refractivity contribution in [2.24, 2.45) is 0 Å². The number of fused-ring (bicyclic) bond motifs is 1. The summed E-state index contributed by atoms with van der Waals surface area (Å²) in [5.74, 6) is 1.53. The summed E-state index contributed by atoms with van der Waals surface area (Å²) < 4.78 is 11.5. The maximum Gasteiger partial charge on any atom is 0.231 e. The van der Waals surface area contributed by atoms with Crippen LogP contribution in [0.5, 0.6) is 11.5 Å². The number of ether oxygens (including phenoxy) is 2. The molecule has 0 spiro atoms. The molecule has 1 heterocycles. The maximum absolute atomic E-state index is 9.86. The van der Waals surface area contributed by atoms with Crippen LogP contribution >= 0.6 is 15.9 Å². The molecule has 1 aromatic rings. The Morgan fingerprint density at radius 1 is 1.33 bits per heavy atom. The zero-order chi connectivity index (χ0) is 10.5. The van der Waals surface area contributed by atoms with E-state index in [1.165, 1.54) is 0 Å². The zero-order valence-electron chi connectivity index (χ0n) is 8.12. The first kappa shape index (κ1) is 9.48. The highest BCUT2D eigenvalue weighted by atomic mass is 79.9. The van der Waals surface area contributed by atoms with Gasteiger partial charge in [-0.3, -0.25) is 0 Å². The third-order valence-electron chi connectivity index (χ3n) is 2.91. The Balaban J connectivity index is 1.95. The fourth-order valence-corrected chi connectivity index (χ4v) is 2.37. The van der Waals surface area contributed by atoms with Gasteiger partial charge in [-0.1, -0.05) is 6.07 Å². The van der Waals surface area contributed by atoms with Crippen molar-refractivity contribution in [2.45, 2.75) is 24.9 Å². The van der Waals surface area contributed by atoms with Gasteiger partial charge in [0.15, 0.2) is 11.5 Å². The van der Waals surface area contributed by atoms with Crippen LogP contribution in [0.25, 0.3) is 0 Å². The Morgan fingerprint density at radius 3 is 2.87 bits per heavy atom. The fraction of sp³-hybridized carbons (Fsp3) is 0.455. The standard InChI is InChI=1S/C11H11BrO3/c12-9-7(5-11(13)3-4-11)1-2-8-10(9)15-6-14-8/h1-2,13H,3-6H2. The second-order valence-electron chi connectivity index (χ2n) is 4.17. The van der Waals surface area contributed by atoms with Crippen LogP contribution in [-0.4, -0.2) is 17.5 Å². The van der Waals surface area contributed by atoms with Gasteiger partial charge >= 0.3 is 0 Å². The van der Waals surface area contributed by atoms with Gasteiger partial charge in [-0.05, 0) is 40.4 Å². The number of halogens is 1. The first-order valence-electron chi connectivity index (χ1n) is 4.97. The van der Waals surface area contributed by atoms with E-state index >= 15 is 0 Å². The Hall–Kier alpha value is -0.740. The van der Waals surface area contributed by atoms with Crippen LogP contribution in [0.1, 0.15) is 18.4 Å². The Kier molecular flexibility index (Phi) is 1.97. The number of benzene rings is 1. The number of rotatable bonds is 2. The molecule has 15 heavy (non-hydrogen) atoms. The van der Waals surface area contributed by atoms with E-state index in [-0.39, 0.29) is 6.79 Å². The second kappa shape index (κ2) is 3.12. The van der Waals surface area contributed by atoms with Crippen molar-refractivity contribution < 1.29 is 14.6 Å². The number of hydrogen-bond donors (Lipinski definition) is 1. The monoisotopic (exact) mass is 270 g/mol. The molecule has 0 saturated heterocycles. The molecule has 0 amide bonds. The van der Waals surface area contributed by atoms with E-state index < -0.39 is 5.60 Å².